The third kappa shape index (κ3) is 15.4. The molecule has 8 aromatic carbocycles. The van der Waals surface area contributed by atoms with E-state index in [1.807, 2.05) is 6.07 Å². The zero-order valence-corrected chi connectivity index (χ0v) is 41.3. The summed E-state index contributed by atoms with van der Waals surface area (Å²) in [6.45, 7) is 0. The zero-order valence-electron chi connectivity index (χ0n) is 37.6. The van der Waals surface area contributed by atoms with E-state index >= 15 is 0 Å². The molecule has 1 unspecified atom stereocenters. The van der Waals surface area contributed by atoms with Gasteiger partial charge in [-0.15, -0.1) is 11.6 Å². The second-order valence-corrected chi connectivity index (χ2v) is 18.0. The highest BCUT2D eigenvalue weighted by Crippen LogP contribution is 2.33. The molecule has 0 amide bonds. The molecule has 360 valence electrons. The Morgan fingerprint density at radius 3 is 0.875 bits per heavy atom. The van der Waals surface area contributed by atoms with E-state index < -0.39 is 16.5 Å². The van der Waals surface area contributed by atoms with Crippen LogP contribution in [-0.4, -0.2) is 33.8 Å². The number of carbonyl (C=O) groups excluding carboxylic acids is 5. The molecule has 1 aliphatic carbocycles. The fraction of sp³-hybridized carbons (Fsp3) is 0.0339. The summed E-state index contributed by atoms with van der Waals surface area (Å²) >= 11 is 29.6. The summed E-state index contributed by atoms with van der Waals surface area (Å²) in [5.74, 6) is -1.85. The molecule has 0 fully saturated rings. The Morgan fingerprint density at radius 2 is 0.611 bits per heavy atom. The molecular weight excluding hydrogens is 1020 g/mol. The van der Waals surface area contributed by atoms with Gasteiger partial charge < -0.3 is 0 Å². The van der Waals surface area contributed by atoms with Crippen LogP contribution in [0.3, 0.4) is 0 Å². The minimum Gasteiger partial charge on any atom is -0.292 e. The number of carbonyl (C=O) groups is 5. The maximum atomic E-state index is 12.7. The Bertz CT molecular complexity index is 2840. The van der Waals surface area contributed by atoms with Gasteiger partial charge in [0.15, 0.2) is 28.9 Å². The Kier molecular flexibility index (Phi) is 19.4. The summed E-state index contributed by atoms with van der Waals surface area (Å²) in [7, 11) is 0. The number of Topliss-reactive ketones (excluding diaryl/α,β-unsaturated/α-hetero) is 2. The van der Waals surface area contributed by atoms with Crippen LogP contribution in [-0.2, 0) is 0 Å². The van der Waals surface area contributed by atoms with E-state index in [0.29, 0.717) is 70.2 Å². The number of hydrogen-bond acceptors (Lipinski definition) is 5. The molecule has 0 bridgehead atoms. The minimum absolute atomic E-state index is 0.0340. The number of benzene rings is 8. The van der Waals surface area contributed by atoms with E-state index in [1.165, 1.54) is 72.8 Å². The average Bonchev–Trinajstić information content (AvgIpc) is 3.40. The SMILES string of the molecule is O=C(C1=CCC(Cl)(C(=O)c2ccccc2)C=C1)c1ccc(Cl)cc1.O=C(c1ccc(Cl)cc1)c1ccc(Cl)cc1.O=C(c1ccc(F)cc1)c1ccc(Cl)cc1.O=C(c1ccc(F)cc1)c1ccc(F)cc1. The Labute approximate surface area is 438 Å². The standard InChI is InChI=1S/C20H14Cl2O2.C13H8Cl2O.C13H8ClFO.C13H8F2O/c21-17-8-6-14(7-9-17)18(23)15-10-12-20(22,13-11-15)19(24)16-4-2-1-3-5-16;3*14-11-5-1-9(2-6-11)13(16)10-3-7-12(15)8-4-10/h1-12H,13H2;3*1-8H. The molecule has 0 heterocycles. The predicted molar refractivity (Wildman–Crippen MR) is 281 cm³/mol. The molecule has 72 heavy (non-hydrogen) atoms. The van der Waals surface area contributed by atoms with Crippen molar-refractivity contribution in [1.29, 1.82) is 0 Å². The van der Waals surface area contributed by atoms with E-state index in [2.05, 4.69) is 0 Å². The molecule has 1 atom stereocenters. The lowest BCUT2D eigenvalue weighted by atomic mass is 9.87. The van der Waals surface area contributed by atoms with Gasteiger partial charge in [-0.25, -0.2) is 13.2 Å². The van der Waals surface area contributed by atoms with Gasteiger partial charge in [-0.3, -0.25) is 24.0 Å². The first-order chi connectivity index (χ1) is 34.5. The second kappa shape index (κ2) is 25.8. The molecular formula is C59H38Cl5F3O5. The van der Waals surface area contributed by atoms with Crippen LogP contribution in [0.5, 0.6) is 0 Å². The van der Waals surface area contributed by atoms with E-state index in [-0.39, 0.29) is 41.2 Å². The van der Waals surface area contributed by atoms with Crippen LogP contribution in [0.4, 0.5) is 13.2 Å². The summed E-state index contributed by atoms with van der Waals surface area (Å²) < 4.78 is 38.0. The van der Waals surface area contributed by atoms with Crippen molar-refractivity contribution in [1.82, 2.24) is 0 Å². The van der Waals surface area contributed by atoms with Crippen molar-refractivity contribution in [2.24, 2.45) is 0 Å². The quantitative estimate of drug-likeness (QED) is 0.101. The van der Waals surface area contributed by atoms with Crippen molar-refractivity contribution in [3.8, 4) is 0 Å². The van der Waals surface area contributed by atoms with Crippen molar-refractivity contribution in [2.75, 3.05) is 0 Å². The van der Waals surface area contributed by atoms with Gasteiger partial charge in [0.2, 0.25) is 0 Å². The van der Waals surface area contributed by atoms with Gasteiger partial charge in [-0.2, -0.15) is 0 Å². The fourth-order valence-electron chi connectivity index (χ4n) is 6.66. The van der Waals surface area contributed by atoms with Crippen LogP contribution in [0.15, 0.2) is 224 Å². The van der Waals surface area contributed by atoms with Crippen LogP contribution < -0.4 is 0 Å². The molecule has 5 nitrogen and oxygen atoms in total. The summed E-state index contributed by atoms with van der Waals surface area (Å²) in [6, 6.07) is 51.8. The highest BCUT2D eigenvalue weighted by atomic mass is 35.5. The van der Waals surface area contributed by atoms with Crippen molar-refractivity contribution in [2.45, 2.75) is 11.3 Å². The molecule has 13 heteroatoms. The van der Waals surface area contributed by atoms with Gasteiger partial charge in [0.1, 0.15) is 22.3 Å². The van der Waals surface area contributed by atoms with Crippen molar-refractivity contribution >= 4 is 86.9 Å². The number of allylic oxidation sites excluding steroid dienone is 4. The Morgan fingerprint density at radius 1 is 0.347 bits per heavy atom. The van der Waals surface area contributed by atoms with Gasteiger partial charge in [0, 0.05) is 70.2 Å². The maximum Gasteiger partial charge on any atom is 0.193 e. The molecule has 0 N–H and O–H groups in total. The first kappa shape index (κ1) is 54.2. The number of alkyl halides is 1. The number of hydrogen-bond donors (Lipinski definition) is 0. The van der Waals surface area contributed by atoms with Gasteiger partial charge in [0.25, 0.3) is 0 Å². The van der Waals surface area contributed by atoms with Crippen LogP contribution in [0.1, 0.15) is 74.9 Å². The van der Waals surface area contributed by atoms with Crippen LogP contribution in [0.25, 0.3) is 0 Å². The normalized spacial score (nSPS) is 13.3. The number of ketones is 5. The Balaban J connectivity index is 0.000000160. The maximum absolute atomic E-state index is 12.7. The highest BCUT2D eigenvalue weighted by Gasteiger charge is 2.35. The van der Waals surface area contributed by atoms with Gasteiger partial charge in [0.05, 0.1) is 0 Å². The number of rotatable bonds is 10. The smallest absolute Gasteiger partial charge is 0.193 e. The Hall–Kier alpha value is -7.17. The minimum atomic E-state index is -1.15. The first-order valence-electron chi connectivity index (χ1n) is 21.7. The predicted octanol–water partition coefficient (Wildman–Crippen LogP) is 16.4. The van der Waals surface area contributed by atoms with E-state index in [4.69, 9.17) is 58.0 Å². The van der Waals surface area contributed by atoms with Crippen molar-refractivity contribution < 1.29 is 37.1 Å². The average molecular weight is 1060 g/mol. The molecule has 9 rings (SSSR count). The van der Waals surface area contributed by atoms with Gasteiger partial charge >= 0.3 is 0 Å². The third-order valence-electron chi connectivity index (χ3n) is 10.6. The van der Waals surface area contributed by atoms with E-state index in [9.17, 15) is 37.1 Å². The molecule has 1 aliphatic rings. The molecule has 0 aliphatic heterocycles. The largest absolute Gasteiger partial charge is 0.292 e. The van der Waals surface area contributed by atoms with Crippen LogP contribution in [0, 0.1) is 17.5 Å². The monoisotopic (exact) mass is 1060 g/mol. The van der Waals surface area contributed by atoms with Crippen molar-refractivity contribution in [3.05, 3.63) is 306 Å². The zero-order chi connectivity index (χ0) is 51.8. The van der Waals surface area contributed by atoms with Gasteiger partial charge in [-0.1, -0.05) is 95.0 Å². The third-order valence-corrected chi connectivity index (χ3v) is 12.0. The first-order valence-corrected chi connectivity index (χ1v) is 23.5. The highest BCUT2D eigenvalue weighted by molar-refractivity contribution is 6.40. The summed E-state index contributed by atoms with van der Waals surface area (Å²) in [5.41, 5.74) is 4.62. The molecule has 0 saturated heterocycles. The summed E-state index contributed by atoms with van der Waals surface area (Å²) in [6.07, 6.45) is 5.21. The summed E-state index contributed by atoms with van der Waals surface area (Å²) in [4.78, 5) is 59.6. The van der Waals surface area contributed by atoms with Gasteiger partial charge in [-0.05, 0) is 176 Å². The lowest BCUT2D eigenvalue weighted by Gasteiger charge is -2.24. The number of halogens is 8. The lowest BCUT2D eigenvalue weighted by molar-refractivity contribution is 0.0955. The molecule has 0 saturated carbocycles. The molecule has 0 radical (unpaired) electrons. The topological polar surface area (TPSA) is 85.3 Å². The van der Waals surface area contributed by atoms with E-state index in [1.54, 1.807) is 140 Å². The van der Waals surface area contributed by atoms with Crippen LogP contribution in [0.2, 0.25) is 20.1 Å². The fourth-order valence-corrected chi connectivity index (χ4v) is 7.41. The molecule has 0 aromatic heterocycles. The summed E-state index contributed by atoms with van der Waals surface area (Å²) in [5, 5.41) is 2.39. The van der Waals surface area contributed by atoms with Crippen molar-refractivity contribution in [3.63, 3.8) is 0 Å². The molecule has 0 spiro atoms. The molecule has 8 aromatic rings. The second-order valence-electron chi connectivity index (χ2n) is 15.6. The van der Waals surface area contributed by atoms with Crippen LogP contribution >= 0.6 is 58.0 Å². The lowest BCUT2D eigenvalue weighted by Crippen LogP contribution is -2.31. The van der Waals surface area contributed by atoms with E-state index in [0.717, 1.165) is 0 Å².